The lowest BCUT2D eigenvalue weighted by Gasteiger charge is -2.20. The fourth-order valence-electron chi connectivity index (χ4n) is 8.15. The first-order valence-electron chi connectivity index (χ1n) is 27.3. The molecular weight excluding hydrogens is 767 g/mol. The van der Waals surface area contributed by atoms with Gasteiger partial charge in [0.25, 0.3) is 0 Å². The minimum absolute atomic E-state index is 0.0276. The number of ether oxygens (including phenoxy) is 1. The molecule has 0 aromatic rings. The highest BCUT2D eigenvalue weighted by Crippen LogP contribution is 2.15. The van der Waals surface area contributed by atoms with Crippen LogP contribution >= 0.6 is 0 Å². The minimum atomic E-state index is -0.861. The van der Waals surface area contributed by atoms with Crippen molar-refractivity contribution in [2.45, 2.75) is 296 Å². The first-order chi connectivity index (χ1) is 30.5. The van der Waals surface area contributed by atoms with Crippen LogP contribution in [0.2, 0.25) is 0 Å². The Kier molecular flexibility index (Phi) is 50.1. The van der Waals surface area contributed by atoms with Crippen molar-refractivity contribution in [3.8, 4) is 0 Å². The Balaban J connectivity index is 3.53. The molecule has 0 aromatic heterocycles. The zero-order valence-corrected chi connectivity index (χ0v) is 41.4. The number of unbranched alkanes of at least 4 members (excludes halogenated alkanes) is 35. The van der Waals surface area contributed by atoms with Crippen molar-refractivity contribution < 1.29 is 24.5 Å². The van der Waals surface area contributed by atoms with Gasteiger partial charge >= 0.3 is 5.97 Å². The van der Waals surface area contributed by atoms with Gasteiger partial charge in [-0.15, -0.1) is 0 Å². The molecule has 1 amide bonds. The number of carbonyl (C=O) groups is 2. The van der Waals surface area contributed by atoms with E-state index in [9.17, 15) is 19.8 Å². The molecule has 0 aliphatic heterocycles. The summed E-state index contributed by atoms with van der Waals surface area (Å²) in [5.41, 5.74) is 0. The third-order valence-corrected chi connectivity index (χ3v) is 12.4. The second-order valence-electron chi connectivity index (χ2n) is 18.5. The van der Waals surface area contributed by atoms with Crippen molar-refractivity contribution in [2.75, 3.05) is 13.2 Å². The van der Waals surface area contributed by atoms with Gasteiger partial charge in [-0.2, -0.15) is 0 Å². The Morgan fingerprint density at radius 2 is 0.758 bits per heavy atom. The van der Waals surface area contributed by atoms with E-state index in [4.69, 9.17) is 4.74 Å². The number of aliphatic hydroxyl groups is 2. The number of esters is 1. The molecule has 6 heteroatoms. The van der Waals surface area contributed by atoms with Crippen LogP contribution in [0.15, 0.2) is 36.5 Å². The predicted octanol–water partition coefficient (Wildman–Crippen LogP) is 16.5. The van der Waals surface area contributed by atoms with E-state index in [1.54, 1.807) is 6.08 Å². The molecular formula is C56H105NO5. The molecule has 0 radical (unpaired) electrons. The van der Waals surface area contributed by atoms with Gasteiger partial charge < -0.3 is 20.3 Å². The van der Waals surface area contributed by atoms with E-state index in [1.807, 2.05) is 6.08 Å². The van der Waals surface area contributed by atoms with Crippen molar-refractivity contribution >= 4 is 11.9 Å². The Labute approximate surface area is 385 Å². The second-order valence-corrected chi connectivity index (χ2v) is 18.5. The molecule has 0 fully saturated rings. The fourth-order valence-corrected chi connectivity index (χ4v) is 8.15. The van der Waals surface area contributed by atoms with E-state index in [1.165, 1.54) is 173 Å². The summed E-state index contributed by atoms with van der Waals surface area (Å²) in [7, 11) is 0. The summed E-state index contributed by atoms with van der Waals surface area (Å²) in [6, 6.07) is -0.647. The van der Waals surface area contributed by atoms with Crippen LogP contribution in [-0.4, -0.2) is 47.4 Å². The van der Waals surface area contributed by atoms with Gasteiger partial charge in [-0.3, -0.25) is 9.59 Å². The maximum absolute atomic E-state index is 12.4. The summed E-state index contributed by atoms with van der Waals surface area (Å²) < 4.78 is 5.46. The van der Waals surface area contributed by atoms with Gasteiger partial charge in [0.2, 0.25) is 5.91 Å². The van der Waals surface area contributed by atoms with Crippen molar-refractivity contribution in [2.24, 2.45) is 0 Å². The van der Waals surface area contributed by atoms with Gasteiger partial charge in [0.05, 0.1) is 25.4 Å². The number of amides is 1. The van der Waals surface area contributed by atoms with Gasteiger partial charge in [-0.05, 0) is 89.9 Å². The van der Waals surface area contributed by atoms with E-state index in [0.29, 0.717) is 19.4 Å². The van der Waals surface area contributed by atoms with E-state index >= 15 is 0 Å². The summed E-state index contributed by atoms with van der Waals surface area (Å²) in [5, 5.41) is 23.1. The largest absolute Gasteiger partial charge is 0.466 e. The van der Waals surface area contributed by atoms with Crippen LogP contribution in [0.5, 0.6) is 0 Å². The standard InChI is InChI=1S/C56H105NO5/c1-3-5-7-9-11-13-15-17-19-20-21-23-25-30-34-38-42-46-50-56(61)62-51-47-43-39-35-31-27-26-29-33-37-41-45-49-55(60)57-53(52-58)54(59)48-44-40-36-32-28-24-22-18-16-14-12-10-8-6-4-2/h19-20,27,31,44,48,53-54,58-59H,3-18,21-26,28-30,32-43,45-47,49-52H2,1-2H3,(H,57,60)/b20-19-,31-27-,48-44+. The number of aliphatic hydroxyl groups excluding tert-OH is 2. The number of rotatable bonds is 50. The molecule has 6 nitrogen and oxygen atoms in total. The second kappa shape index (κ2) is 51.7. The molecule has 0 bridgehead atoms. The Bertz CT molecular complexity index is 1010. The lowest BCUT2D eigenvalue weighted by atomic mass is 10.0. The van der Waals surface area contributed by atoms with Crippen molar-refractivity contribution in [3.63, 3.8) is 0 Å². The van der Waals surface area contributed by atoms with E-state index in [0.717, 1.165) is 83.5 Å². The molecule has 3 N–H and O–H groups in total. The fraction of sp³-hybridized carbons (Fsp3) is 0.857. The van der Waals surface area contributed by atoms with Crippen molar-refractivity contribution in [3.05, 3.63) is 36.5 Å². The summed E-state index contributed by atoms with van der Waals surface area (Å²) in [6.07, 6.45) is 62.9. The molecule has 2 atom stereocenters. The van der Waals surface area contributed by atoms with Crippen LogP contribution in [0.1, 0.15) is 284 Å². The summed E-state index contributed by atoms with van der Waals surface area (Å²) in [6.45, 7) is 4.84. The predicted molar refractivity (Wildman–Crippen MR) is 269 cm³/mol. The molecule has 0 rings (SSSR count). The van der Waals surface area contributed by atoms with Crippen LogP contribution in [0.4, 0.5) is 0 Å². The number of allylic oxidation sites excluding steroid dienone is 5. The lowest BCUT2D eigenvalue weighted by molar-refractivity contribution is -0.143. The normalized spacial score (nSPS) is 12.9. The summed E-state index contributed by atoms with van der Waals surface area (Å²) in [5.74, 6) is -0.122. The maximum Gasteiger partial charge on any atom is 0.305 e. The zero-order valence-electron chi connectivity index (χ0n) is 41.4. The van der Waals surface area contributed by atoms with Gasteiger partial charge in [-0.25, -0.2) is 0 Å². The minimum Gasteiger partial charge on any atom is -0.466 e. The van der Waals surface area contributed by atoms with E-state index in [-0.39, 0.29) is 18.5 Å². The van der Waals surface area contributed by atoms with Gasteiger partial charge in [0, 0.05) is 12.8 Å². The lowest BCUT2D eigenvalue weighted by Crippen LogP contribution is -2.45. The molecule has 0 aliphatic carbocycles. The summed E-state index contributed by atoms with van der Waals surface area (Å²) >= 11 is 0. The SMILES string of the molecule is CCCCCCCCC/C=C\CCCCCCCCCC(=O)OCCCCC/C=C\CCCCCCCC(=O)NC(CO)C(O)/C=C/CCCCCCCCCCCCCCC. The van der Waals surface area contributed by atoms with Crippen molar-refractivity contribution in [1.29, 1.82) is 0 Å². The highest BCUT2D eigenvalue weighted by molar-refractivity contribution is 5.76. The molecule has 0 heterocycles. The molecule has 364 valence electrons. The number of hydrogen-bond acceptors (Lipinski definition) is 5. The Hall–Kier alpha value is -1.92. The highest BCUT2D eigenvalue weighted by Gasteiger charge is 2.18. The molecule has 0 saturated carbocycles. The smallest absolute Gasteiger partial charge is 0.305 e. The topological polar surface area (TPSA) is 95.9 Å². The third-order valence-electron chi connectivity index (χ3n) is 12.4. The van der Waals surface area contributed by atoms with Gasteiger partial charge in [-0.1, -0.05) is 217 Å². The average Bonchev–Trinajstić information content (AvgIpc) is 3.27. The van der Waals surface area contributed by atoms with Crippen LogP contribution < -0.4 is 5.32 Å². The molecule has 2 unspecified atom stereocenters. The van der Waals surface area contributed by atoms with Gasteiger partial charge in [0.1, 0.15) is 0 Å². The number of nitrogens with one attached hydrogen (secondary N) is 1. The molecule has 0 saturated heterocycles. The van der Waals surface area contributed by atoms with Crippen LogP contribution in [0, 0.1) is 0 Å². The first-order valence-corrected chi connectivity index (χ1v) is 27.3. The van der Waals surface area contributed by atoms with Gasteiger partial charge in [0.15, 0.2) is 0 Å². The quantitative estimate of drug-likeness (QED) is 0.0321. The summed E-state index contributed by atoms with van der Waals surface area (Å²) in [4.78, 5) is 24.5. The molecule has 0 aromatic carbocycles. The van der Waals surface area contributed by atoms with Crippen LogP contribution in [0.25, 0.3) is 0 Å². The first kappa shape index (κ1) is 60.1. The average molecular weight is 872 g/mol. The number of carbonyl (C=O) groups excluding carboxylic acids is 2. The van der Waals surface area contributed by atoms with Crippen molar-refractivity contribution in [1.82, 2.24) is 5.32 Å². The molecule has 0 spiro atoms. The number of hydrogen-bond donors (Lipinski definition) is 3. The molecule has 0 aliphatic rings. The Morgan fingerprint density at radius 1 is 0.435 bits per heavy atom. The van der Waals surface area contributed by atoms with Crippen LogP contribution in [-0.2, 0) is 14.3 Å². The maximum atomic E-state index is 12.4. The third kappa shape index (κ3) is 47.6. The van der Waals surface area contributed by atoms with Crippen LogP contribution in [0.3, 0.4) is 0 Å². The van der Waals surface area contributed by atoms with E-state index in [2.05, 4.69) is 43.5 Å². The monoisotopic (exact) mass is 872 g/mol. The highest BCUT2D eigenvalue weighted by atomic mass is 16.5. The zero-order chi connectivity index (χ0) is 45.1. The van der Waals surface area contributed by atoms with E-state index < -0.39 is 12.1 Å². The Morgan fingerprint density at radius 3 is 1.15 bits per heavy atom. The molecule has 62 heavy (non-hydrogen) atoms.